The number of carbonyl (C=O) groups excluding carboxylic acids is 4. The lowest BCUT2D eigenvalue weighted by Crippen LogP contribution is -2.52. The third-order valence-electron chi connectivity index (χ3n) is 6.41. The fourth-order valence-corrected chi connectivity index (χ4v) is 4.80. The first-order valence-electron chi connectivity index (χ1n) is 10.8. The van der Waals surface area contributed by atoms with E-state index in [2.05, 4.69) is 6.92 Å². The Bertz CT molecular complexity index is 1080. The number of halogens is 1. The summed E-state index contributed by atoms with van der Waals surface area (Å²) >= 11 is 6.23. The highest BCUT2D eigenvalue weighted by atomic mass is 35.5. The molecule has 0 radical (unpaired) electrons. The molecule has 2 aliphatic rings. The van der Waals surface area contributed by atoms with Crippen molar-refractivity contribution in [2.45, 2.75) is 33.1 Å². The van der Waals surface area contributed by atoms with E-state index in [1.165, 1.54) is 6.07 Å². The van der Waals surface area contributed by atoms with Crippen molar-refractivity contribution in [3.8, 4) is 0 Å². The number of ketones is 1. The molecule has 4 rings (SSSR count). The van der Waals surface area contributed by atoms with Gasteiger partial charge >= 0.3 is 0 Å². The highest BCUT2D eigenvalue weighted by Gasteiger charge is 2.52. The molecule has 0 aromatic heterocycles. The van der Waals surface area contributed by atoms with Crippen molar-refractivity contribution in [2.24, 2.45) is 17.8 Å². The van der Waals surface area contributed by atoms with Crippen molar-refractivity contribution in [1.29, 1.82) is 0 Å². The summed E-state index contributed by atoms with van der Waals surface area (Å²) in [6.07, 6.45) is 2.06. The van der Waals surface area contributed by atoms with E-state index in [0.29, 0.717) is 24.3 Å². The van der Waals surface area contributed by atoms with Crippen LogP contribution in [0.15, 0.2) is 48.5 Å². The summed E-state index contributed by atoms with van der Waals surface area (Å²) in [6, 6.07) is 13.4. The molecule has 1 saturated carbocycles. The lowest BCUT2D eigenvalue weighted by Gasteiger charge is -2.30. The molecule has 2 fully saturated rings. The van der Waals surface area contributed by atoms with Gasteiger partial charge in [0.25, 0.3) is 17.7 Å². The van der Waals surface area contributed by atoms with E-state index in [1.54, 1.807) is 42.5 Å². The highest BCUT2D eigenvalue weighted by Crippen LogP contribution is 2.41. The number of amides is 3. The van der Waals surface area contributed by atoms with Crippen molar-refractivity contribution in [1.82, 2.24) is 10.0 Å². The molecule has 32 heavy (non-hydrogen) atoms. The highest BCUT2D eigenvalue weighted by molar-refractivity contribution is 6.34. The zero-order valence-electron chi connectivity index (χ0n) is 18.1. The third kappa shape index (κ3) is 4.07. The molecule has 3 atom stereocenters. The van der Waals surface area contributed by atoms with Crippen LogP contribution in [0, 0.1) is 24.7 Å². The van der Waals surface area contributed by atoms with Crippen LogP contribution in [0.5, 0.6) is 0 Å². The number of Topliss-reactive ketones (excluding diaryl/α,β-unsaturated/α-hetero) is 1. The van der Waals surface area contributed by atoms with Crippen molar-refractivity contribution >= 4 is 35.1 Å². The fraction of sp³-hybridized carbons (Fsp3) is 0.360. The zero-order chi connectivity index (χ0) is 23.0. The van der Waals surface area contributed by atoms with Gasteiger partial charge in [-0.1, -0.05) is 60.5 Å². The Kier molecular flexibility index (Phi) is 6.15. The minimum absolute atomic E-state index is 0.134. The summed E-state index contributed by atoms with van der Waals surface area (Å²) in [4.78, 5) is 53.1. The number of nitrogens with zero attached hydrogens (tertiary/aromatic N) is 2. The SMILES string of the molecule is Cc1ccc(C(=O)CN(C(=O)c2ccccc2Cl)N2C(=O)[C@H]3C[C@H](C)CC[C@H]3C2=O)cc1. The number of hydrogen-bond acceptors (Lipinski definition) is 4. The summed E-state index contributed by atoms with van der Waals surface area (Å²) in [7, 11) is 0. The van der Waals surface area contributed by atoms with E-state index in [9.17, 15) is 19.2 Å². The quantitative estimate of drug-likeness (QED) is 0.500. The molecular weight excluding hydrogens is 428 g/mol. The van der Waals surface area contributed by atoms with Gasteiger partial charge in [0.2, 0.25) is 0 Å². The number of imide groups is 1. The smallest absolute Gasteiger partial charge is 0.274 e. The Morgan fingerprint density at radius 3 is 2.34 bits per heavy atom. The average molecular weight is 453 g/mol. The molecule has 1 aliphatic heterocycles. The molecular formula is C25H25ClN2O4. The average Bonchev–Trinajstić information content (AvgIpc) is 3.01. The molecule has 3 amide bonds. The van der Waals surface area contributed by atoms with Gasteiger partial charge in [0.05, 0.1) is 22.4 Å². The maximum Gasteiger partial charge on any atom is 0.274 e. The number of carbonyl (C=O) groups is 4. The molecule has 0 bridgehead atoms. The number of aryl methyl sites for hydroxylation is 1. The Morgan fingerprint density at radius 2 is 1.66 bits per heavy atom. The van der Waals surface area contributed by atoms with Crippen molar-refractivity contribution in [3.63, 3.8) is 0 Å². The third-order valence-corrected chi connectivity index (χ3v) is 6.74. The van der Waals surface area contributed by atoms with E-state index >= 15 is 0 Å². The van der Waals surface area contributed by atoms with Crippen LogP contribution in [0.3, 0.4) is 0 Å². The van der Waals surface area contributed by atoms with Crippen LogP contribution in [0.25, 0.3) is 0 Å². The zero-order valence-corrected chi connectivity index (χ0v) is 18.8. The topological polar surface area (TPSA) is 74.8 Å². The van der Waals surface area contributed by atoms with Crippen LogP contribution in [0.4, 0.5) is 0 Å². The second-order valence-corrected chi connectivity index (χ2v) is 9.16. The van der Waals surface area contributed by atoms with Crippen LogP contribution >= 0.6 is 11.6 Å². The van der Waals surface area contributed by atoms with Gasteiger partial charge in [-0.25, -0.2) is 5.01 Å². The minimum atomic E-state index is -0.649. The number of hydrazine groups is 1. The maximum absolute atomic E-state index is 13.5. The van der Waals surface area contributed by atoms with Crippen LogP contribution in [-0.2, 0) is 9.59 Å². The molecule has 166 valence electrons. The van der Waals surface area contributed by atoms with Gasteiger partial charge in [-0.15, -0.1) is 0 Å². The Balaban J connectivity index is 1.70. The Hall–Kier alpha value is -2.99. The van der Waals surface area contributed by atoms with E-state index in [0.717, 1.165) is 22.0 Å². The molecule has 0 N–H and O–H groups in total. The molecule has 2 aromatic carbocycles. The first-order valence-corrected chi connectivity index (χ1v) is 11.2. The van der Waals surface area contributed by atoms with Gasteiger partial charge in [0, 0.05) is 5.56 Å². The Labute approximate surface area is 192 Å². The van der Waals surface area contributed by atoms with Gasteiger partial charge in [-0.2, -0.15) is 5.01 Å². The van der Waals surface area contributed by atoms with Crippen LogP contribution in [-0.4, -0.2) is 40.1 Å². The number of fused-ring (bicyclic) bond motifs is 1. The van der Waals surface area contributed by atoms with Crippen LogP contribution in [0.2, 0.25) is 5.02 Å². The van der Waals surface area contributed by atoms with E-state index in [-0.39, 0.29) is 16.4 Å². The molecule has 7 heteroatoms. The summed E-state index contributed by atoms with van der Waals surface area (Å²) in [6.45, 7) is 3.54. The lowest BCUT2D eigenvalue weighted by atomic mass is 9.76. The molecule has 2 aromatic rings. The molecule has 6 nitrogen and oxygen atoms in total. The normalized spacial score (nSPS) is 22.6. The second kappa shape index (κ2) is 8.87. The van der Waals surface area contributed by atoms with Gasteiger partial charge in [-0.3, -0.25) is 19.2 Å². The lowest BCUT2D eigenvalue weighted by molar-refractivity contribution is -0.154. The first-order chi connectivity index (χ1) is 15.3. The summed E-state index contributed by atoms with van der Waals surface area (Å²) in [5.41, 5.74) is 1.53. The van der Waals surface area contributed by atoms with E-state index in [1.807, 2.05) is 6.92 Å². The van der Waals surface area contributed by atoms with Crippen molar-refractivity contribution < 1.29 is 19.2 Å². The molecule has 1 saturated heterocycles. The summed E-state index contributed by atoms with van der Waals surface area (Å²) < 4.78 is 0. The van der Waals surface area contributed by atoms with Crippen LogP contribution < -0.4 is 0 Å². The largest absolute Gasteiger partial charge is 0.292 e. The molecule has 1 heterocycles. The standard InChI is InChI=1S/C25H25ClN2O4/c1-15-7-10-17(11-8-15)22(29)14-27(23(30)19-5-3-4-6-21(19)26)28-24(31)18-12-9-16(2)13-20(18)25(28)32/h3-8,10-11,16,18,20H,9,12-14H2,1-2H3/t16-,18-,20+/m1/s1. The summed E-state index contributed by atoms with van der Waals surface area (Å²) in [5, 5.41) is 2.08. The Morgan fingerprint density at radius 1 is 1.00 bits per heavy atom. The maximum atomic E-state index is 13.5. The van der Waals surface area contributed by atoms with Crippen molar-refractivity contribution in [3.05, 3.63) is 70.2 Å². The predicted molar refractivity (Wildman–Crippen MR) is 120 cm³/mol. The second-order valence-electron chi connectivity index (χ2n) is 8.75. The molecule has 0 unspecified atom stereocenters. The summed E-state index contributed by atoms with van der Waals surface area (Å²) in [5.74, 6) is -2.42. The van der Waals surface area contributed by atoms with E-state index in [4.69, 9.17) is 11.6 Å². The fourth-order valence-electron chi connectivity index (χ4n) is 4.58. The minimum Gasteiger partial charge on any atom is -0.292 e. The monoisotopic (exact) mass is 452 g/mol. The molecule has 0 spiro atoms. The van der Waals surface area contributed by atoms with E-state index < -0.39 is 36.1 Å². The van der Waals surface area contributed by atoms with Gasteiger partial charge < -0.3 is 0 Å². The van der Waals surface area contributed by atoms with Gasteiger partial charge in [0.1, 0.15) is 6.54 Å². The number of benzene rings is 2. The van der Waals surface area contributed by atoms with Gasteiger partial charge in [-0.05, 0) is 44.2 Å². The van der Waals surface area contributed by atoms with Crippen LogP contribution in [0.1, 0.15) is 52.5 Å². The number of hydrogen-bond donors (Lipinski definition) is 0. The van der Waals surface area contributed by atoms with Gasteiger partial charge in [0.15, 0.2) is 5.78 Å². The molecule has 1 aliphatic carbocycles. The number of rotatable bonds is 5. The first kappa shape index (κ1) is 22.2. The van der Waals surface area contributed by atoms with Crippen molar-refractivity contribution in [2.75, 3.05) is 6.54 Å². The predicted octanol–water partition coefficient (Wildman–Crippen LogP) is 4.31.